The van der Waals surface area contributed by atoms with E-state index < -0.39 is 0 Å². The average molecular weight is 410 g/mol. The van der Waals surface area contributed by atoms with E-state index in [1.54, 1.807) is 6.07 Å². The highest BCUT2D eigenvalue weighted by atomic mass is 19.1. The fourth-order valence-electron chi connectivity index (χ4n) is 4.31. The topological polar surface area (TPSA) is 52.7 Å². The van der Waals surface area contributed by atoms with Gasteiger partial charge in [-0.2, -0.15) is 0 Å². The smallest absolute Gasteiger partial charge is 0.255 e. The molecule has 0 unspecified atom stereocenters. The first-order valence-corrected chi connectivity index (χ1v) is 10.8. The van der Waals surface area contributed by atoms with E-state index >= 15 is 0 Å². The molecular weight excluding hydrogens is 381 g/mol. The van der Waals surface area contributed by atoms with Gasteiger partial charge in [-0.05, 0) is 68.6 Å². The lowest BCUT2D eigenvalue weighted by Crippen LogP contribution is -2.38. The summed E-state index contributed by atoms with van der Waals surface area (Å²) in [5.41, 5.74) is 2.25. The Bertz CT molecular complexity index is 886. The number of benzene rings is 2. The van der Waals surface area contributed by atoms with E-state index in [1.807, 2.05) is 35.2 Å². The number of para-hydroxylation sites is 1. The molecule has 0 spiro atoms. The molecule has 2 fully saturated rings. The lowest BCUT2D eigenvalue weighted by Gasteiger charge is -2.31. The summed E-state index contributed by atoms with van der Waals surface area (Å²) in [6.45, 7) is 3.98. The molecule has 0 atom stereocenters. The van der Waals surface area contributed by atoms with Crippen LogP contribution in [0.3, 0.4) is 0 Å². The zero-order chi connectivity index (χ0) is 20.9. The summed E-state index contributed by atoms with van der Waals surface area (Å²) >= 11 is 0. The first-order chi connectivity index (χ1) is 14.6. The predicted octanol–water partition coefficient (Wildman–Crippen LogP) is 3.91. The van der Waals surface area contributed by atoms with Gasteiger partial charge in [-0.15, -0.1) is 0 Å². The van der Waals surface area contributed by atoms with Crippen molar-refractivity contribution in [1.29, 1.82) is 0 Å². The van der Waals surface area contributed by atoms with Crippen molar-refractivity contribution in [2.75, 3.05) is 31.5 Å². The molecule has 30 heavy (non-hydrogen) atoms. The van der Waals surface area contributed by atoms with Crippen molar-refractivity contribution in [1.82, 2.24) is 9.80 Å². The monoisotopic (exact) mass is 409 g/mol. The number of piperidine rings is 1. The first kappa shape index (κ1) is 20.5. The highest BCUT2D eigenvalue weighted by Gasteiger charge is 2.27. The molecule has 4 rings (SSSR count). The zero-order valence-corrected chi connectivity index (χ0v) is 17.1. The van der Waals surface area contributed by atoms with Crippen molar-refractivity contribution in [3.05, 3.63) is 65.5 Å². The van der Waals surface area contributed by atoms with Crippen molar-refractivity contribution in [2.45, 2.75) is 32.2 Å². The molecule has 2 aliphatic rings. The number of anilines is 1. The molecule has 2 amide bonds. The molecule has 0 radical (unpaired) electrons. The molecule has 5 nitrogen and oxygen atoms in total. The van der Waals surface area contributed by atoms with Gasteiger partial charge in [0.15, 0.2) is 0 Å². The van der Waals surface area contributed by atoms with Crippen molar-refractivity contribution < 1.29 is 14.0 Å². The summed E-state index contributed by atoms with van der Waals surface area (Å²) in [6, 6.07) is 13.9. The van der Waals surface area contributed by atoms with Crippen LogP contribution < -0.4 is 5.32 Å². The molecule has 0 bridgehead atoms. The van der Waals surface area contributed by atoms with E-state index in [0.717, 1.165) is 64.0 Å². The van der Waals surface area contributed by atoms with E-state index in [-0.39, 0.29) is 23.5 Å². The molecule has 2 aliphatic heterocycles. The van der Waals surface area contributed by atoms with E-state index in [9.17, 15) is 14.0 Å². The van der Waals surface area contributed by atoms with Gasteiger partial charge in [0.25, 0.3) is 5.91 Å². The SMILES string of the molecule is O=C(Nc1ccccc1C(=O)N1CCCC1)C1CCN(Cc2ccc(F)cc2)CC1. The third-order valence-corrected chi connectivity index (χ3v) is 6.09. The Morgan fingerprint density at radius 2 is 1.60 bits per heavy atom. The summed E-state index contributed by atoms with van der Waals surface area (Å²) in [4.78, 5) is 29.8. The van der Waals surface area contributed by atoms with Crippen LogP contribution in [-0.2, 0) is 11.3 Å². The zero-order valence-electron chi connectivity index (χ0n) is 17.1. The average Bonchev–Trinajstić information content (AvgIpc) is 3.31. The van der Waals surface area contributed by atoms with Crippen LogP contribution in [0.1, 0.15) is 41.6 Å². The third-order valence-electron chi connectivity index (χ3n) is 6.09. The molecule has 2 saturated heterocycles. The van der Waals surface area contributed by atoms with Gasteiger partial charge in [-0.3, -0.25) is 14.5 Å². The maximum absolute atomic E-state index is 13.1. The van der Waals surface area contributed by atoms with Crippen LogP contribution >= 0.6 is 0 Å². The standard InChI is InChI=1S/C24H28FN3O2/c25-20-9-7-18(8-10-20)17-27-15-11-19(12-16-27)23(29)26-22-6-2-1-5-21(22)24(30)28-13-3-4-14-28/h1-2,5-10,19H,3-4,11-17H2,(H,26,29). The minimum Gasteiger partial charge on any atom is -0.339 e. The molecule has 0 aliphatic carbocycles. The third kappa shape index (κ3) is 4.87. The van der Waals surface area contributed by atoms with Crippen LogP contribution in [0.4, 0.5) is 10.1 Å². The van der Waals surface area contributed by atoms with E-state index in [2.05, 4.69) is 10.2 Å². The summed E-state index contributed by atoms with van der Waals surface area (Å²) in [7, 11) is 0. The van der Waals surface area contributed by atoms with Crippen molar-refractivity contribution >= 4 is 17.5 Å². The van der Waals surface area contributed by atoms with Gasteiger partial charge >= 0.3 is 0 Å². The number of carbonyl (C=O) groups excluding carboxylic acids is 2. The van der Waals surface area contributed by atoms with Gasteiger partial charge in [0.2, 0.25) is 5.91 Å². The lowest BCUT2D eigenvalue weighted by molar-refractivity contribution is -0.121. The number of amides is 2. The Balaban J connectivity index is 1.33. The van der Waals surface area contributed by atoms with Crippen LogP contribution in [0.5, 0.6) is 0 Å². The Labute approximate surface area is 176 Å². The molecule has 2 heterocycles. The summed E-state index contributed by atoms with van der Waals surface area (Å²) in [6.07, 6.45) is 3.62. The van der Waals surface area contributed by atoms with Crippen molar-refractivity contribution in [3.63, 3.8) is 0 Å². The number of carbonyl (C=O) groups is 2. The largest absolute Gasteiger partial charge is 0.339 e. The van der Waals surface area contributed by atoms with Gasteiger partial charge in [0.05, 0.1) is 11.3 Å². The molecule has 0 saturated carbocycles. The lowest BCUT2D eigenvalue weighted by atomic mass is 9.95. The molecule has 1 N–H and O–H groups in total. The summed E-state index contributed by atoms with van der Waals surface area (Å²) < 4.78 is 13.1. The van der Waals surface area contributed by atoms with E-state index in [0.29, 0.717) is 11.3 Å². The fraction of sp³-hybridized carbons (Fsp3) is 0.417. The Morgan fingerprint density at radius 1 is 0.933 bits per heavy atom. The van der Waals surface area contributed by atoms with Gasteiger partial charge in [0.1, 0.15) is 5.82 Å². The maximum atomic E-state index is 13.1. The van der Waals surface area contributed by atoms with E-state index in [1.165, 1.54) is 12.1 Å². The van der Waals surface area contributed by atoms with E-state index in [4.69, 9.17) is 0 Å². The Kier molecular flexibility index (Phi) is 6.43. The number of halogens is 1. The highest BCUT2D eigenvalue weighted by molar-refractivity contribution is 6.04. The summed E-state index contributed by atoms with van der Waals surface area (Å²) in [5.74, 6) is -0.308. The van der Waals surface area contributed by atoms with Gasteiger partial charge in [-0.25, -0.2) is 4.39 Å². The quantitative estimate of drug-likeness (QED) is 0.815. The second-order valence-electron chi connectivity index (χ2n) is 8.21. The van der Waals surface area contributed by atoms with Crippen LogP contribution in [-0.4, -0.2) is 47.8 Å². The van der Waals surface area contributed by atoms with Gasteiger partial charge in [0, 0.05) is 25.6 Å². The molecule has 2 aromatic rings. The minimum absolute atomic E-state index is 0.00230. The molecule has 158 valence electrons. The van der Waals surface area contributed by atoms with Crippen LogP contribution in [0.2, 0.25) is 0 Å². The fourth-order valence-corrected chi connectivity index (χ4v) is 4.31. The second-order valence-corrected chi connectivity index (χ2v) is 8.21. The first-order valence-electron chi connectivity index (χ1n) is 10.8. The molecular formula is C24H28FN3O2. The molecule has 6 heteroatoms. The van der Waals surface area contributed by atoms with Crippen molar-refractivity contribution in [3.8, 4) is 0 Å². The number of rotatable bonds is 5. The second kappa shape index (κ2) is 9.39. The normalized spacial score (nSPS) is 17.8. The molecule has 2 aromatic carbocycles. The highest BCUT2D eigenvalue weighted by Crippen LogP contribution is 2.24. The van der Waals surface area contributed by atoms with Crippen molar-refractivity contribution in [2.24, 2.45) is 5.92 Å². The van der Waals surface area contributed by atoms with Crippen LogP contribution in [0.25, 0.3) is 0 Å². The minimum atomic E-state index is -0.224. The van der Waals surface area contributed by atoms with Crippen LogP contribution in [0.15, 0.2) is 48.5 Å². The predicted molar refractivity (Wildman–Crippen MR) is 115 cm³/mol. The Hall–Kier alpha value is -2.73. The van der Waals surface area contributed by atoms with Crippen LogP contribution in [0, 0.1) is 11.7 Å². The number of nitrogens with zero attached hydrogens (tertiary/aromatic N) is 2. The van der Waals surface area contributed by atoms with Gasteiger partial charge in [-0.1, -0.05) is 24.3 Å². The summed E-state index contributed by atoms with van der Waals surface area (Å²) in [5, 5.41) is 3.01. The number of hydrogen-bond donors (Lipinski definition) is 1. The maximum Gasteiger partial charge on any atom is 0.255 e. The van der Waals surface area contributed by atoms with Gasteiger partial charge < -0.3 is 10.2 Å². The number of hydrogen-bond acceptors (Lipinski definition) is 3. The Morgan fingerprint density at radius 3 is 2.30 bits per heavy atom. The number of nitrogens with one attached hydrogen (secondary N) is 1. The molecule has 0 aromatic heterocycles. The number of likely N-dealkylation sites (tertiary alicyclic amines) is 2.